The lowest BCUT2D eigenvalue weighted by Crippen LogP contribution is -2.47. The van der Waals surface area contributed by atoms with Crippen LogP contribution in [0.1, 0.15) is 70.3 Å². The molecule has 0 bridgehead atoms. The van der Waals surface area contributed by atoms with Crippen molar-refractivity contribution in [1.29, 1.82) is 0 Å². The van der Waals surface area contributed by atoms with E-state index in [4.69, 9.17) is 4.74 Å². The first kappa shape index (κ1) is 20.9. The Morgan fingerprint density at radius 2 is 1.84 bits per heavy atom. The Kier molecular flexibility index (Phi) is 5.96. The second-order valence-corrected chi connectivity index (χ2v) is 10.8. The molecule has 4 aliphatic carbocycles. The quantitative estimate of drug-likeness (QED) is 0.317. The van der Waals surface area contributed by atoms with E-state index in [2.05, 4.69) is 31.1 Å². The highest BCUT2D eigenvalue weighted by molar-refractivity contribution is 5.70. The van der Waals surface area contributed by atoms with Gasteiger partial charge < -0.3 is 4.74 Å². The molecule has 0 amide bonds. The summed E-state index contributed by atoms with van der Waals surface area (Å²) in [7, 11) is 0. The topological polar surface area (TPSA) is 26.3 Å². The van der Waals surface area contributed by atoms with Gasteiger partial charge in [-0.05, 0) is 98.4 Å². The summed E-state index contributed by atoms with van der Waals surface area (Å²) in [5, 5.41) is 0. The van der Waals surface area contributed by atoms with Gasteiger partial charge >= 0.3 is 5.97 Å². The molecule has 4 aliphatic rings. The minimum Gasteiger partial charge on any atom is -0.372 e. The van der Waals surface area contributed by atoms with Crippen molar-refractivity contribution in [3.63, 3.8) is 0 Å². The summed E-state index contributed by atoms with van der Waals surface area (Å²) in [5.41, 5.74) is 1.47. The zero-order valence-electron chi connectivity index (χ0n) is 18.9. The maximum atomic E-state index is 12.1. The van der Waals surface area contributed by atoms with Crippen LogP contribution in [0.2, 0.25) is 0 Å². The van der Waals surface area contributed by atoms with Gasteiger partial charge in [0.1, 0.15) is 6.11 Å². The van der Waals surface area contributed by atoms with Crippen LogP contribution in [0, 0.1) is 52.9 Å². The molecule has 7 atom stereocenters. The fraction of sp³-hybridized carbons (Fsp3) is 0.621. The fourth-order valence-corrected chi connectivity index (χ4v) is 7.75. The van der Waals surface area contributed by atoms with E-state index < -0.39 is 0 Å². The van der Waals surface area contributed by atoms with Gasteiger partial charge in [0.15, 0.2) is 0 Å². The van der Waals surface area contributed by atoms with Crippen LogP contribution in [-0.4, -0.2) is 5.97 Å². The monoisotopic (exact) mass is 416 g/mol. The largest absolute Gasteiger partial charge is 0.372 e. The predicted octanol–water partition coefficient (Wildman–Crippen LogP) is 6.56. The number of allylic oxidation sites excluding steroid dienone is 2. The Balaban J connectivity index is 1.19. The van der Waals surface area contributed by atoms with Gasteiger partial charge in [0.2, 0.25) is 0 Å². The third-order valence-corrected chi connectivity index (χ3v) is 9.39. The first-order valence-corrected chi connectivity index (χ1v) is 12.5. The first-order valence-electron chi connectivity index (χ1n) is 12.5. The van der Waals surface area contributed by atoms with Crippen molar-refractivity contribution in [3.8, 4) is 12.0 Å². The van der Waals surface area contributed by atoms with Crippen molar-refractivity contribution in [2.45, 2.75) is 71.1 Å². The highest BCUT2D eigenvalue weighted by atomic mass is 16.5. The smallest absolute Gasteiger partial charge is 0.320 e. The summed E-state index contributed by atoms with van der Waals surface area (Å²) in [6, 6.07) is 10.1. The number of fused-ring (bicyclic) bond motifs is 5. The molecule has 3 fully saturated rings. The van der Waals surface area contributed by atoms with Crippen LogP contribution < -0.4 is 0 Å². The van der Waals surface area contributed by atoms with Gasteiger partial charge in [0.25, 0.3) is 0 Å². The lowest BCUT2D eigenvalue weighted by atomic mass is 9.50. The molecule has 0 saturated heterocycles. The zero-order valence-corrected chi connectivity index (χ0v) is 18.9. The number of esters is 1. The molecule has 2 heteroatoms. The summed E-state index contributed by atoms with van der Waals surface area (Å²) in [6.45, 7) is 2.49. The van der Waals surface area contributed by atoms with Crippen LogP contribution in [0.15, 0.2) is 42.5 Å². The Morgan fingerprint density at radius 3 is 2.71 bits per heavy atom. The molecular formula is C29H36O2. The molecule has 3 saturated carbocycles. The third kappa shape index (κ3) is 4.09. The molecule has 2 nitrogen and oxygen atoms in total. The number of carbonyl (C=O) groups excluding carboxylic acids is 1. The van der Waals surface area contributed by atoms with Crippen LogP contribution in [0.5, 0.6) is 0 Å². The highest BCUT2D eigenvalue weighted by Crippen LogP contribution is 2.63. The van der Waals surface area contributed by atoms with Crippen LogP contribution in [-0.2, 0) is 16.0 Å². The van der Waals surface area contributed by atoms with Crippen molar-refractivity contribution in [1.82, 2.24) is 0 Å². The van der Waals surface area contributed by atoms with E-state index in [1.807, 2.05) is 30.3 Å². The van der Waals surface area contributed by atoms with Crippen molar-refractivity contribution in [3.05, 3.63) is 48.0 Å². The minimum atomic E-state index is -0.205. The molecule has 0 aromatic heterocycles. The highest BCUT2D eigenvalue weighted by Gasteiger charge is 2.56. The minimum absolute atomic E-state index is 0.205. The molecular weight excluding hydrogens is 380 g/mol. The van der Waals surface area contributed by atoms with Crippen LogP contribution in [0.3, 0.4) is 0 Å². The summed E-state index contributed by atoms with van der Waals surface area (Å²) in [4.78, 5) is 12.1. The predicted molar refractivity (Wildman–Crippen MR) is 124 cm³/mol. The standard InChI is InChI=1S/C29H36O2/c1-29-19-17-25-24-10-6-5-9-22(24)12-14-26(25)27(29)15-13-23(29)18-20-31-28(30)16-11-21-7-3-2-4-8-21/h2-8,22-27H,9-17,19H2,1H3/t22?,23-,24-,25+,26+,27-,29+/m0/s1. The number of rotatable bonds is 3. The molecule has 0 spiro atoms. The van der Waals surface area contributed by atoms with Crippen molar-refractivity contribution >= 4 is 5.97 Å². The van der Waals surface area contributed by atoms with Gasteiger partial charge in [-0.15, -0.1) is 0 Å². The van der Waals surface area contributed by atoms with Crippen molar-refractivity contribution in [2.75, 3.05) is 0 Å². The van der Waals surface area contributed by atoms with Gasteiger partial charge in [0, 0.05) is 5.92 Å². The maximum absolute atomic E-state index is 12.1. The zero-order chi connectivity index (χ0) is 21.3. The third-order valence-electron chi connectivity index (χ3n) is 9.39. The number of carbonyl (C=O) groups is 1. The number of aryl methyl sites for hydroxylation is 1. The second-order valence-electron chi connectivity index (χ2n) is 10.8. The Labute approximate surface area is 187 Å². The SMILES string of the molecule is C[C@]12CC[C@H]3[C@@H](CCC4CC=CC[C@@H]43)[C@@H]1CC[C@H]2C#COC(=O)CCc1ccccc1. The van der Waals surface area contributed by atoms with Crippen LogP contribution in [0.4, 0.5) is 0 Å². The Hall–Kier alpha value is -2.01. The molecule has 1 aromatic carbocycles. The second kappa shape index (κ2) is 8.85. The first-order chi connectivity index (χ1) is 15.1. The van der Waals surface area contributed by atoms with Crippen molar-refractivity contribution < 1.29 is 9.53 Å². The number of ether oxygens (including phenoxy) is 1. The normalized spacial score (nSPS) is 38.2. The van der Waals surface area contributed by atoms with E-state index in [1.54, 1.807) is 0 Å². The average Bonchev–Trinajstić information content (AvgIpc) is 3.14. The molecule has 1 unspecified atom stereocenters. The summed E-state index contributed by atoms with van der Waals surface area (Å²) >= 11 is 0. The van der Waals surface area contributed by atoms with Crippen molar-refractivity contribution in [2.24, 2.45) is 40.9 Å². The molecule has 0 aliphatic heterocycles. The molecule has 0 radical (unpaired) electrons. The Morgan fingerprint density at radius 1 is 1.00 bits per heavy atom. The summed E-state index contributed by atoms with van der Waals surface area (Å²) in [6.07, 6.45) is 19.5. The van der Waals surface area contributed by atoms with E-state index in [-0.39, 0.29) is 5.97 Å². The number of benzene rings is 1. The molecule has 164 valence electrons. The van der Waals surface area contributed by atoms with E-state index in [0.29, 0.717) is 24.2 Å². The maximum Gasteiger partial charge on any atom is 0.320 e. The molecule has 0 N–H and O–H groups in total. The van der Waals surface area contributed by atoms with Gasteiger partial charge in [0.05, 0.1) is 6.42 Å². The van der Waals surface area contributed by atoms with Gasteiger partial charge in [-0.1, -0.05) is 55.3 Å². The van der Waals surface area contributed by atoms with Gasteiger partial charge in [-0.3, -0.25) is 4.79 Å². The van der Waals surface area contributed by atoms with E-state index >= 15 is 0 Å². The van der Waals surface area contributed by atoms with Crippen LogP contribution in [0.25, 0.3) is 0 Å². The fourth-order valence-electron chi connectivity index (χ4n) is 7.75. The van der Waals surface area contributed by atoms with E-state index in [0.717, 1.165) is 29.6 Å². The molecule has 5 rings (SSSR count). The van der Waals surface area contributed by atoms with E-state index in [1.165, 1.54) is 56.9 Å². The van der Waals surface area contributed by atoms with Gasteiger partial charge in [-0.25, -0.2) is 0 Å². The average molecular weight is 417 g/mol. The molecule has 31 heavy (non-hydrogen) atoms. The molecule has 1 aromatic rings. The van der Waals surface area contributed by atoms with Gasteiger partial charge in [-0.2, -0.15) is 0 Å². The molecule has 0 heterocycles. The van der Waals surface area contributed by atoms with E-state index in [9.17, 15) is 4.79 Å². The number of hydrogen-bond acceptors (Lipinski definition) is 2. The number of hydrogen-bond donors (Lipinski definition) is 0. The summed E-state index contributed by atoms with van der Waals surface area (Å²) < 4.78 is 5.32. The Bertz CT molecular complexity index is 875. The lowest BCUT2D eigenvalue weighted by Gasteiger charge is -2.54. The summed E-state index contributed by atoms with van der Waals surface area (Å²) in [5.74, 6) is 8.09. The van der Waals surface area contributed by atoms with Crippen LogP contribution >= 0.6 is 0 Å². The lowest BCUT2D eigenvalue weighted by molar-refractivity contribution is -0.136.